The third-order valence-electron chi connectivity index (χ3n) is 2.97. The minimum absolute atomic E-state index is 0.245. The molecule has 0 spiro atoms. The highest BCUT2D eigenvalue weighted by Gasteiger charge is 2.38. The highest BCUT2D eigenvalue weighted by atomic mass is 32.2. The molecule has 0 aliphatic carbocycles. The number of unbranched alkanes of at least 4 members (excludes halogenated alkanes) is 1. The maximum Gasteiger partial charge on any atom is 0.346 e. The predicted octanol–water partition coefficient (Wildman–Crippen LogP) is 2.54. The standard InChI is InChI=1S/C12H21O6PS2/c1-11(10-20-8-4-5-9-20)6-2-3-7-12(19(13,14)15)21(16,17)18/h4-6,8-9,12,20H,2-3,7,10H2,1H3,(H2,13,14,15)(H,16,17,18)/b11-6+. The Labute approximate surface area is 127 Å². The van der Waals surface area contributed by atoms with Gasteiger partial charge in [0, 0.05) is 5.75 Å². The Hall–Kier alpha value is -0.370. The summed E-state index contributed by atoms with van der Waals surface area (Å²) >= 11 is 0. The van der Waals surface area contributed by atoms with Crippen molar-refractivity contribution in [2.45, 2.75) is 31.2 Å². The van der Waals surface area contributed by atoms with Crippen LogP contribution in [0.15, 0.2) is 34.6 Å². The van der Waals surface area contributed by atoms with Gasteiger partial charge < -0.3 is 9.79 Å². The molecule has 0 radical (unpaired) electrons. The van der Waals surface area contributed by atoms with Crippen LogP contribution in [0.2, 0.25) is 0 Å². The van der Waals surface area contributed by atoms with Crippen molar-refractivity contribution in [3.05, 3.63) is 34.6 Å². The Balaban J connectivity index is 2.46. The van der Waals surface area contributed by atoms with Gasteiger partial charge >= 0.3 is 7.60 Å². The quantitative estimate of drug-likeness (QED) is 0.175. The molecule has 0 fully saturated rings. The molecule has 1 atom stereocenters. The number of allylic oxidation sites excluding steroid dienone is 3. The van der Waals surface area contributed by atoms with Gasteiger partial charge in [0.1, 0.15) is 0 Å². The Morgan fingerprint density at radius 2 is 1.90 bits per heavy atom. The topological polar surface area (TPSA) is 112 Å². The number of rotatable bonds is 8. The molecule has 0 saturated heterocycles. The lowest BCUT2D eigenvalue weighted by molar-refractivity contribution is 0.360. The van der Waals surface area contributed by atoms with E-state index in [4.69, 9.17) is 14.3 Å². The fourth-order valence-electron chi connectivity index (χ4n) is 1.96. The summed E-state index contributed by atoms with van der Waals surface area (Å²) < 4.78 is 41.9. The van der Waals surface area contributed by atoms with E-state index in [9.17, 15) is 13.0 Å². The maximum absolute atomic E-state index is 11.1. The summed E-state index contributed by atoms with van der Waals surface area (Å²) in [6, 6.07) is 0. The van der Waals surface area contributed by atoms with Gasteiger partial charge in [-0.1, -0.05) is 23.8 Å². The Morgan fingerprint density at radius 1 is 1.33 bits per heavy atom. The van der Waals surface area contributed by atoms with E-state index in [1.165, 1.54) is 0 Å². The van der Waals surface area contributed by atoms with E-state index < -0.39 is 22.7 Å². The van der Waals surface area contributed by atoms with Crippen LogP contribution in [0.25, 0.3) is 0 Å². The molecule has 0 bridgehead atoms. The van der Waals surface area contributed by atoms with Gasteiger partial charge in [0.05, 0.1) is 0 Å². The molecule has 9 heteroatoms. The second-order valence-corrected chi connectivity index (χ2v) is 10.6. The SMILES string of the molecule is C/C(=C\CCCC(P(=O)(O)O)S(=O)(=O)O)C[SH]1C=CC=C1. The molecule has 1 aliphatic heterocycles. The molecule has 3 N–H and O–H groups in total. The van der Waals surface area contributed by atoms with Gasteiger partial charge in [0.25, 0.3) is 10.1 Å². The van der Waals surface area contributed by atoms with Crippen molar-refractivity contribution in [2.75, 3.05) is 5.75 Å². The molecular formula is C12H21O6PS2. The summed E-state index contributed by atoms with van der Waals surface area (Å²) in [4.78, 5) is 15.9. The van der Waals surface area contributed by atoms with Crippen molar-refractivity contribution in [1.29, 1.82) is 0 Å². The van der Waals surface area contributed by atoms with Gasteiger partial charge in [-0.05, 0) is 37.0 Å². The Kier molecular flexibility index (Phi) is 6.90. The highest BCUT2D eigenvalue weighted by Crippen LogP contribution is 2.46. The van der Waals surface area contributed by atoms with Crippen LogP contribution in [0.5, 0.6) is 0 Å². The molecule has 6 nitrogen and oxygen atoms in total. The lowest BCUT2D eigenvalue weighted by Crippen LogP contribution is -2.20. The van der Waals surface area contributed by atoms with Crippen LogP contribution < -0.4 is 0 Å². The highest BCUT2D eigenvalue weighted by molar-refractivity contribution is 8.22. The van der Waals surface area contributed by atoms with Crippen molar-refractivity contribution >= 4 is 28.6 Å². The Morgan fingerprint density at radius 3 is 2.38 bits per heavy atom. The second kappa shape index (κ2) is 7.76. The van der Waals surface area contributed by atoms with Crippen LogP contribution in [-0.2, 0) is 14.7 Å². The molecule has 0 amide bonds. The number of thiol groups is 1. The monoisotopic (exact) mass is 356 g/mol. The van der Waals surface area contributed by atoms with Gasteiger partial charge in [-0.3, -0.25) is 9.12 Å². The zero-order chi connectivity index (χ0) is 16.1. The molecule has 0 aromatic heterocycles. The minimum Gasteiger partial charge on any atom is -0.323 e. The van der Waals surface area contributed by atoms with E-state index in [-0.39, 0.29) is 23.7 Å². The van der Waals surface area contributed by atoms with Crippen LogP contribution in [0.1, 0.15) is 26.2 Å². The van der Waals surface area contributed by atoms with Gasteiger partial charge in [-0.2, -0.15) is 8.42 Å². The first-order chi connectivity index (χ1) is 9.60. The fraction of sp³-hybridized carbons (Fsp3) is 0.500. The summed E-state index contributed by atoms with van der Waals surface area (Å²) in [6.07, 6.45) is 6.51. The normalized spacial score (nSPS) is 19.2. The molecule has 0 aromatic rings. The molecule has 1 unspecified atom stereocenters. The third-order valence-corrected chi connectivity index (χ3v) is 8.49. The first-order valence-electron chi connectivity index (χ1n) is 6.38. The molecule has 1 heterocycles. The van der Waals surface area contributed by atoms with E-state index in [1.54, 1.807) is 0 Å². The first kappa shape index (κ1) is 18.7. The minimum atomic E-state index is -4.86. The molecule has 0 saturated carbocycles. The largest absolute Gasteiger partial charge is 0.346 e. The van der Waals surface area contributed by atoms with Crippen molar-refractivity contribution in [1.82, 2.24) is 0 Å². The maximum atomic E-state index is 11.1. The van der Waals surface area contributed by atoms with Crippen LogP contribution in [-0.4, -0.2) is 33.5 Å². The number of hydrogen-bond donors (Lipinski definition) is 4. The van der Waals surface area contributed by atoms with Crippen LogP contribution in [0, 0.1) is 0 Å². The van der Waals surface area contributed by atoms with E-state index in [1.807, 2.05) is 25.2 Å². The van der Waals surface area contributed by atoms with Crippen molar-refractivity contribution < 1.29 is 27.3 Å². The Bertz CT molecular complexity index is 575. The summed E-state index contributed by atoms with van der Waals surface area (Å²) in [5.41, 5.74) is 1.16. The first-order valence-corrected chi connectivity index (χ1v) is 11.2. The van der Waals surface area contributed by atoms with Gasteiger partial charge in [0.15, 0.2) is 4.99 Å². The van der Waals surface area contributed by atoms with Gasteiger partial charge in [0.2, 0.25) is 0 Å². The zero-order valence-corrected chi connectivity index (χ0v) is 14.3. The van der Waals surface area contributed by atoms with Crippen molar-refractivity contribution in [3.63, 3.8) is 0 Å². The summed E-state index contributed by atoms with van der Waals surface area (Å²) in [5, 5.41) is 4.30. The lowest BCUT2D eigenvalue weighted by atomic mass is 10.2. The van der Waals surface area contributed by atoms with E-state index in [0.29, 0.717) is 6.42 Å². The van der Waals surface area contributed by atoms with Crippen molar-refractivity contribution in [3.8, 4) is 0 Å². The van der Waals surface area contributed by atoms with E-state index >= 15 is 0 Å². The van der Waals surface area contributed by atoms with E-state index in [0.717, 1.165) is 11.3 Å². The summed E-state index contributed by atoms with van der Waals surface area (Å²) in [6.45, 7) is 1.98. The molecule has 0 aromatic carbocycles. The average Bonchev–Trinajstić information content (AvgIpc) is 2.77. The molecule has 21 heavy (non-hydrogen) atoms. The molecular weight excluding hydrogens is 335 g/mol. The molecule has 1 aliphatic rings. The average molecular weight is 356 g/mol. The predicted molar refractivity (Wildman–Crippen MR) is 87.1 cm³/mol. The summed E-state index contributed by atoms with van der Waals surface area (Å²) in [5.74, 6) is 0.933. The fourth-order valence-corrected chi connectivity index (χ4v) is 5.99. The van der Waals surface area contributed by atoms with Gasteiger partial charge in [-0.25, -0.2) is 10.9 Å². The second-order valence-electron chi connectivity index (χ2n) is 4.90. The smallest absolute Gasteiger partial charge is 0.323 e. The third kappa shape index (κ3) is 6.95. The summed E-state index contributed by atoms with van der Waals surface area (Å²) in [7, 11) is -9.84. The zero-order valence-electron chi connectivity index (χ0n) is 11.7. The van der Waals surface area contributed by atoms with Crippen molar-refractivity contribution in [2.24, 2.45) is 0 Å². The lowest BCUT2D eigenvalue weighted by Gasteiger charge is -2.15. The number of hydrogen-bond acceptors (Lipinski definition) is 3. The molecule has 1 rings (SSSR count). The van der Waals surface area contributed by atoms with Gasteiger partial charge in [-0.15, -0.1) is 0 Å². The molecule has 122 valence electrons. The van der Waals surface area contributed by atoms with E-state index in [2.05, 4.69) is 10.8 Å². The van der Waals surface area contributed by atoms with Crippen LogP contribution in [0.4, 0.5) is 0 Å². The van der Waals surface area contributed by atoms with Crippen LogP contribution >= 0.6 is 18.5 Å². The van der Waals surface area contributed by atoms with Crippen LogP contribution in [0.3, 0.4) is 0 Å².